The molecule has 0 atom stereocenters. The maximum atomic E-state index is 13.6. The van der Waals surface area contributed by atoms with Gasteiger partial charge in [0.25, 0.3) is 5.65 Å². The number of rotatable bonds is 6. The molecule has 3 heterocycles. The van der Waals surface area contributed by atoms with Gasteiger partial charge >= 0.3 is 0 Å². The number of hydrogen-bond donors (Lipinski definition) is 2. The van der Waals surface area contributed by atoms with Gasteiger partial charge < -0.3 is 9.94 Å². The van der Waals surface area contributed by atoms with Crippen LogP contribution < -0.4 is 14.2 Å². The molecule has 0 bridgehead atoms. The number of H-pyrrole nitrogens is 1. The first-order valence-corrected chi connectivity index (χ1v) is 12.0. The summed E-state index contributed by atoms with van der Waals surface area (Å²) in [7, 11) is -3.55. The molecule has 0 saturated heterocycles. The first-order valence-electron chi connectivity index (χ1n) is 10.3. The highest BCUT2D eigenvalue weighted by molar-refractivity contribution is 7.92. The summed E-state index contributed by atoms with van der Waals surface area (Å²) < 4.78 is 60.5. The fraction of sp³-hybridized carbons (Fsp3) is 0.429. The smallest absolute Gasteiger partial charge is 0.290 e. The molecule has 1 fully saturated rings. The van der Waals surface area contributed by atoms with Gasteiger partial charge in [-0.15, -0.1) is 0 Å². The quantitative estimate of drug-likeness (QED) is 0.423. The SMILES string of the molecule is CCS(=O)(=O)Nc1cnc(OC2CCC(F)(F)CC2)c(-c2cc(C)[n+]([O-])c3[nH]ccc23)c1. The molecule has 8 nitrogen and oxygen atoms in total. The van der Waals surface area contributed by atoms with E-state index in [0.717, 1.165) is 4.73 Å². The molecular formula is C21H24F2N4O4S. The van der Waals surface area contributed by atoms with E-state index >= 15 is 0 Å². The zero-order valence-electron chi connectivity index (χ0n) is 17.7. The summed E-state index contributed by atoms with van der Waals surface area (Å²) in [6.07, 6.45) is 2.38. The maximum absolute atomic E-state index is 13.6. The van der Waals surface area contributed by atoms with Crippen LogP contribution in [-0.4, -0.2) is 36.2 Å². The van der Waals surface area contributed by atoms with Gasteiger partial charge in [0.2, 0.25) is 21.8 Å². The summed E-state index contributed by atoms with van der Waals surface area (Å²) in [6, 6.07) is 4.98. The topological polar surface area (TPSA) is 111 Å². The Labute approximate surface area is 184 Å². The zero-order valence-corrected chi connectivity index (χ0v) is 18.5. The molecule has 0 spiro atoms. The minimum absolute atomic E-state index is 0.112. The Morgan fingerprint density at radius 1 is 1.31 bits per heavy atom. The van der Waals surface area contributed by atoms with Crippen LogP contribution >= 0.6 is 0 Å². The lowest BCUT2D eigenvalue weighted by atomic mass is 9.94. The molecule has 3 aromatic heterocycles. The molecule has 11 heteroatoms. The van der Waals surface area contributed by atoms with Crippen molar-refractivity contribution >= 4 is 26.7 Å². The van der Waals surface area contributed by atoms with E-state index in [0.29, 0.717) is 27.9 Å². The first kappa shape index (κ1) is 22.3. The van der Waals surface area contributed by atoms with Crippen LogP contribution in [0, 0.1) is 12.1 Å². The normalized spacial score (nSPS) is 16.9. The van der Waals surface area contributed by atoms with Gasteiger partial charge in [-0.1, -0.05) is 0 Å². The molecular weight excluding hydrogens is 442 g/mol. The third-order valence-electron chi connectivity index (χ3n) is 5.63. The number of nitrogens with zero attached hydrogens (tertiary/aromatic N) is 2. The highest BCUT2D eigenvalue weighted by Gasteiger charge is 2.36. The lowest BCUT2D eigenvalue weighted by molar-refractivity contribution is -0.586. The Morgan fingerprint density at radius 2 is 2.03 bits per heavy atom. The standard InChI is InChI=1S/C21H24F2N4O4S/c1-3-32(29,30)26-14-11-18(17-10-13(2)27(28)19-16(17)6-9-24-19)20(25-12-14)31-15-4-7-21(22,23)8-5-15/h6,9-12,15,24,26H,3-5,7-8H2,1-2H3. The monoisotopic (exact) mass is 466 g/mol. The number of anilines is 1. The van der Waals surface area contributed by atoms with Crippen LogP contribution in [0.1, 0.15) is 38.3 Å². The summed E-state index contributed by atoms with van der Waals surface area (Å²) in [5, 5.41) is 13.0. The van der Waals surface area contributed by atoms with Gasteiger partial charge in [0, 0.05) is 24.0 Å². The lowest BCUT2D eigenvalue weighted by Crippen LogP contribution is -2.31. The van der Waals surface area contributed by atoms with Crippen LogP contribution in [0.2, 0.25) is 0 Å². The fourth-order valence-corrected chi connectivity index (χ4v) is 4.44. The van der Waals surface area contributed by atoms with Crippen LogP contribution in [0.4, 0.5) is 14.5 Å². The summed E-state index contributed by atoms with van der Waals surface area (Å²) in [6.45, 7) is 3.17. The molecule has 4 rings (SSSR count). The van der Waals surface area contributed by atoms with Gasteiger partial charge in [-0.3, -0.25) is 4.72 Å². The van der Waals surface area contributed by atoms with Gasteiger partial charge in [0.15, 0.2) is 0 Å². The van der Waals surface area contributed by atoms with Crippen molar-refractivity contribution in [3.05, 3.63) is 41.5 Å². The molecule has 32 heavy (non-hydrogen) atoms. The summed E-state index contributed by atoms with van der Waals surface area (Å²) in [5.74, 6) is -2.60. The Kier molecular flexibility index (Phi) is 5.70. The number of ether oxygens (including phenoxy) is 1. The average Bonchev–Trinajstić information content (AvgIpc) is 3.23. The van der Waals surface area contributed by atoms with Gasteiger partial charge in [0.05, 0.1) is 29.2 Å². The van der Waals surface area contributed by atoms with Crippen molar-refractivity contribution in [1.29, 1.82) is 0 Å². The number of pyridine rings is 2. The van der Waals surface area contributed by atoms with Crippen molar-refractivity contribution in [3.8, 4) is 17.0 Å². The van der Waals surface area contributed by atoms with Crippen molar-refractivity contribution in [2.45, 2.75) is 51.6 Å². The molecule has 2 N–H and O–H groups in total. The Balaban J connectivity index is 1.79. The minimum atomic E-state index is -3.55. The van der Waals surface area contributed by atoms with Crippen molar-refractivity contribution in [2.75, 3.05) is 10.5 Å². The molecule has 0 amide bonds. The van der Waals surface area contributed by atoms with E-state index in [1.54, 1.807) is 31.3 Å². The molecule has 3 aromatic rings. The van der Waals surface area contributed by atoms with Gasteiger partial charge in [-0.25, -0.2) is 31.9 Å². The van der Waals surface area contributed by atoms with Crippen molar-refractivity contribution in [2.24, 2.45) is 0 Å². The second-order valence-electron chi connectivity index (χ2n) is 7.99. The van der Waals surface area contributed by atoms with Crippen molar-refractivity contribution < 1.29 is 26.7 Å². The highest BCUT2D eigenvalue weighted by Crippen LogP contribution is 2.39. The van der Waals surface area contributed by atoms with Crippen LogP contribution in [-0.2, 0) is 10.0 Å². The number of nitrogens with one attached hydrogen (secondary N) is 2. The molecule has 0 aliphatic heterocycles. The number of sulfonamides is 1. The Hall–Kier alpha value is -2.95. The number of aromatic nitrogens is 3. The minimum Gasteiger partial charge on any atom is -0.710 e. The second kappa shape index (κ2) is 8.19. The number of alkyl halides is 2. The van der Waals surface area contributed by atoms with Crippen LogP contribution in [0.15, 0.2) is 30.6 Å². The predicted molar refractivity (Wildman–Crippen MR) is 116 cm³/mol. The van der Waals surface area contributed by atoms with E-state index in [2.05, 4.69) is 14.7 Å². The highest BCUT2D eigenvalue weighted by atomic mass is 32.2. The zero-order chi connectivity index (χ0) is 23.1. The number of aromatic amines is 1. The van der Waals surface area contributed by atoms with Gasteiger partial charge in [-0.05, 0) is 44.9 Å². The van der Waals surface area contributed by atoms with E-state index in [-0.39, 0.29) is 43.0 Å². The largest absolute Gasteiger partial charge is 0.710 e. The molecule has 1 saturated carbocycles. The number of aryl methyl sites for hydroxylation is 1. The van der Waals surface area contributed by atoms with Crippen molar-refractivity contribution in [1.82, 2.24) is 9.97 Å². The molecule has 1 aliphatic carbocycles. The third-order valence-corrected chi connectivity index (χ3v) is 6.94. The van der Waals surface area contributed by atoms with E-state index in [9.17, 15) is 22.4 Å². The lowest BCUT2D eigenvalue weighted by Gasteiger charge is -2.29. The van der Waals surface area contributed by atoms with Gasteiger partial charge in [-0.2, -0.15) is 0 Å². The first-order chi connectivity index (χ1) is 15.1. The Bertz CT molecular complexity index is 1250. The van der Waals surface area contributed by atoms with Crippen LogP contribution in [0.3, 0.4) is 0 Å². The maximum Gasteiger partial charge on any atom is 0.290 e. The average molecular weight is 467 g/mol. The molecule has 0 unspecified atom stereocenters. The molecule has 1 aliphatic rings. The van der Waals surface area contributed by atoms with Crippen molar-refractivity contribution in [3.63, 3.8) is 0 Å². The van der Waals surface area contributed by atoms with E-state index in [1.807, 2.05) is 0 Å². The molecule has 172 valence electrons. The number of fused-ring (bicyclic) bond motifs is 1. The molecule has 0 radical (unpaired) electrons. The van der Waals surface area contributed by atoms with Gasteiger partial charge in [0.1, 0.15) is 11.8 Å². The second-order valence-corrected chi connectivity index (χ2v) is 10.0. The summed E-state index contributed by atoms with van der Waals surface area (Å²) >= 11 is 0. The third kappa shape index (κ3) is 4.47. The van der Waals surface area contributed by atoms with E-state index in [1.165, 1.54) is 13.1 Å². The van der Waals surface area contributed by atoms with E-state index < -0.39 is 22.0 Å². The summed E-state index contributed by atoms with van der Waals surface area (Å²) in [5.41, 5.74) is 2.07. The number of halogens is 2. The van der Waals surface area contributed by atoms with Crippen LogP contribution in [0.25, 0.3) is 22.2 Å². The van der Waals surface area contributed by atoms with Crippen LogP contribution in [0.5, 0.6) is 5.88 Å². The molecule has 0 aromatic carbocycles. The predicted octanol–water partition coefficient (Wildman–Crippen LogP) is 3.89. The Morgan fingerprint density at radius 3 is 2.72 bits per heavy atom. The summed E-state index contributed by atoms with van der Waals surface area (Å²) in [4.78, 5) is 7.22. The fourth-order valence-electron chi connectivity index (χ4n) is 3.83. The van der Waals surface area contributed by atoms with E-state index in [4.69, 9.17) is 4.74 Å². The number of hydrogen-bond acceptors (Lipinski definition) is 5.